The molecule has 0 N–H and O–H groups in total. The van der Waals surface area contributed by atoms with Gasteiger partial charge in [-0.25, -0.2) is 0 Å². The van der Waals surface area contributed by atoms with E-state index in [9.17, 15) is 4.79 Å². The van der Waals surface area contributed by atoms with Crippen LogP contribution in [0, 0.1) is 17.2 Å². The number of nitrogens with zero attached hydrogens (tertiary/aromatic N) is 1. The molecule has 0 amide bonds. The van der Waals surface area contributed by atoms with Crippen LogP contribution in [-0.4, -0.2) is 29.7 Å². The lowest BCUT2D eigenvalue weighted by molar-refractivity contribution is -0.239. The third-order valence-corrected chi connectivity index (χ3v) is 5.57. The van der Waals surface area contributed by atoms with Crippen LogP contribution in [0.15, 0.2) is 11.6 Å². The van der Waals surface area contributed by atoms with Gasteiger partial charge in [0.1, 0.15) is 11.4 Å². The van der Waals surface area contributed by atoms with Crippen LogP contribution in [0.1, 0.15) is 72.6 Å². The molecule has 134 valence electrons. The Morgan fingerprint density at radius 1 is 1.46 bits per heavy atom. The number of rotatable bonds is 8. The van der Waals surface area contributed by atoms with E-state index in [4.69, 9.17) is 14.7 Å². The predicted octanol–water partition coefficient (Wildman–Crippen LogP) is 4.34. The van der Waals surface area contributed by atoms with E-state index >= 15 is 0 Å². The van der Waals surface area contributed by atoms with Gasteiger partial charge in [0.15, 0.2) is 0 Å². The van der Waals surface area contributed by atoms with Crippen LogP contribution in [0.2, 0.25) is 0 Å². The summed E-state index contributed by atoms with van der Waals surface area (Å²) in [6.07, 6.45) is 7.68. The Morgan fingerprint density at radius 2 is 2.21 bits per heavy atom. The second kappa shape index (κ2) is 7.80. The Morgan fingerprint density at radius 3 is 2.88 bits per heavy atom. The molecule has 0 aromatic carbocycles. The zero-order chi connectivity index (χ0) is 17.8. The van der Waals surface area contributed by atoms with Gasteiger partial charge in [0.25, 0.3) is 0 Å². The molecule has 0 saturated carbocycles. The molecule has 4 nitrogen and oxygen atoms in total. The Kier molecular flexibility index (Phi) is 6.22. The van der Waals surface area contributed by atoms with E-state index in [0.717, 1.165) is 32.1 Å². The van der Waals surface area contributed by atoms with Crippen LogP contribution in [0.4, 0.5) is 0 Å². The summed E-state index contributed by atoms with van der Waals surface area (Å²) in [7, 11) is 0. The second-order valence-corrected chi connectivity index (χ2v) is 8.01. The summed E-state index contributed by atoms with van der Waals surface area (Å²) < 4.78 is 12.3. The predicted molar refractivity (Wildman–Crippen MR) is 93.5 cm³/mol. The summed E-state index contributed by atoms with van der Waals surface area (Å²) in [5.41, 5.74) is 0.544. The van der Waals surface area contributed by atoms with E-state index in [1.807, 2.05) is 26.8 Å². The number of ether oxygens (including phenoxy) is 2. The first-order valence-electron chi connectivity index (χ1n) is 9.15. The number of allylic oxidation sites excluding steroid dienone is 2. The molecule has 24 heavy (non-hydrogen) atoms. The Balaban J connectivity index is 1.79. The number of carbonyl (C=O) groups is 1. The summed E-state index contributed by atoms with van der Waals surface area (Å²) in [6, 6.07) is 2.23. The monoisotopic (exact) mass is 333 g/mol. The Labute approximate surface area is 146 Å². The number of carbonyl (C=O) groups excluding carboxylic acids is 1. The first-order valence-corrected chi connectivity index (χ1v) is 9.15. The number of fused-ring (bicyclic) bond motifs is 2. The maximum atomic E-state index is 12.1. The van der Waals surface area contributed by atoms with Crippen LogP contribution in [0.3, 0.4) is 0 Å². The van der Waals surface area contributed by atoms with E-state index in [-0.39, 0.29) is 23.2 Å². The SMILES string of the molecule is CC(C)=CCC(=O)C(C)CCC[C@]1(C)OC[C@]2(CC#N)CC[C@H]1O2. The average molecular weight is 333 g/mol. The lowest BCUT2D eigenvalue weighted by Gasteiger charge is -2.43. The van der Waals surface area contributed by atoms with Gasteiger partial charge in [-0.2, -0.15) is 5.26 Å². The molecule has 1 unspecified atom stereocenters. The van der Waals surface area contributed by atoms with Crippen molar-refractivity contribution in [2.45, 2.75) is 89.9 Å². The van der Waals surface area contributed by atoms with Crippen LogP contribution < -0.4 is 0 Å². The van der Waals surface area contributed by atoms with Crippen molar-refractivity contribution in [3.05, 3.63) is 11.6 Å². The quantitative estimate of drug-likeness (QED) is 0.620. The van der Waals surface area contributed by atoms with Crippen molar-refractivity contribution in [1.82, 2.24) is 0 Å². The molecule has 2 bridgehead atoms. The molecule has 2 rings (SSSR count). The van der Waals surface area contributed by atoms with Gasteiger partial charge in [0.2, 0.25) is 0 Å². The van der Waals surface area contributed by atoms with Crippen LogP contribution >= 0.6 is 0 Å². The van der Waals surface area contributed by atoms with E-state index < -0.39 is 0 Å². The summed E-state index contributed by atoms with van der Waals surface area (Å²) in [6.45, 7) is 8.70. The normalized spacial score (nSPS) is 32.9. The topological polar surface area (TPSA) is 59.3 Å². The lowest BCUT2D eigenvalue weighted by atomic mass is 9.88. The molecular formula is C20H31NO3. The molecule has 2 heterocycles. The molecule has 2 aliphatic heterocycles. The molecule has 0 spiro atoms. The molecule has 0 radical (unpaired) electrons. The fourth-order valence-electron chi connectivity index (χ4n) is 3.72. The van der Waals surface area contributed by atoms with Crippen molar-refractivity contribution in [3.8, 4) is 6.07 Å². The van der Waals surface area contributed by atoms with Crippen molar-refractivity contribution in [1.29, 1.82) is 5.26 Å². The van der Waals surface area contributed by atoms with Crippen molar-refractivity contribution in [3.63, 3.8) is 0 Å². The number of Topliss-reactive ketones (excluding diaryl/α,β-unsaturated/α-hetero) is 1. The summed E-state index contributed by atoms with van der Waals surface area (Å²) in [5, 5.41) is 8.97. The van der Waals surface area contributed by atoms with Gasteiger partial charge in [0.05, 0.1) is 30.8 Å². The van der Waals surface area contributed by atoms with Crippen molar-refractivity contribution in [2.75, 3.05) is 6.61 Å². The van der Waals surface area contributed by atoms with Gasteiger partial charge in [-0.3, -0.25) is 4.79 Å². The van der Waals surface area contributed by atoms with E-state index in [0.29, 0.717) is 25.2 Å². The maximum Gasteiger partial charge on any atom is 0.139 e. The summed E-state index contributed by atoms with van der Waals surface area (Å²) in [4.78, 5) is 12.1. The van der Waals surface area contributed by atoms with Crippen LogP contribution in [-0.2, 0) is 14.3 Å². The van der Waals surface area contributed by atoms with E-state index in [1.54, 1.807) is 0 Å². The minimum atomic E-state index is -0.369. The third-order valence-electron chi connectivity index (χ3n) is 5.57. The summed E-state index contributed by atoms with van der Waals surface area (Å²) in [5.74, 6) is 0.408. The highest BCUT2D eigenvalue weighted by atomic mass is 16.6. The van der Waals surface area contributed by atoms with Gasteiger partial charge < -0.3 is 9.47 Å². The molecule has 0 aliphatic carbocycles. The molecule has 0 aromatic heterocycles. The number of hydrogen-bond acceptors (Lipinski definition) is 4. The minimum Gasteiger partial charge on any atom is -0.370 e. The highest BCUT2D eigenvalue weighted by molar-refractivity contribution is 5.82. The van der Waals surface area contributed by atoms with Crippen LogP contribution in [0.25, 0.3) is 0 Å². The minimum absolute atomic E-state index is 0.0799. The lowest BCUT2D eigenvalue weighted by Crippen LogP contribution is -2.52. The fraction of sp³-hybridized carbons (Fsp3) is 0.800. The smallest absolute Gasteiger partial charge is 0.139 e. The number of ketones is 1. The van der Waals surface area contributed by atoms with Crippen molar-refractivity contribution >= 4 is 5.78 Å². The molecule has 4 atom stereocenters. The standard InChI is InChI=1S/C20H31NO3/c1-15(2)7-8-17(22)16(3)6-5-10-19(4)18-9-11-20(24-18,12-13-21)14-23-19/h7,16,18H,5-6,8-12,14H2,1-4H3/t16?,18-,19+,20-/m1/s1. The zero-order valence-corrected chi connectivity index (χ0v) is 15.6. The molecule has 0 aromatic rings. The van der Waals surface area contributed by atoms with Gasteiger partial charge >= 0.3 is 0 Å². The van der Waals surface area contributed by atoms with Gasteiger partial charge in [-0.15, -0.1) is 0 Å². The average Bonchev–Trinajstić information content (AvgIpc) is 2.91. The van der Waals surface area contributed by atoms with Crippen molar-refractivity contribution < 1.29 is 14.3 Å². The second-order valence-electron chi connectivity index (χ2n) is 8.01. The molecule has 2 fully saturated rings. The first kappa shape index (κ1) is 19.1. The highest BCUT2D eigenvalue weighted by Crippen LogP contribution is 2.46. The first-order chi connectivity index (χ1) is 11.3. The van der Waals surface area contributed by atoms with Crippen molar-refractivity contribution in [2.24, 2.45) is 5.92 Å². The van der Waals surface area contributed by atoms with Crippen LogP contribution in [0.5, 0.6) is 0 Å². The largest absolute Gasteiger partial charge is 0.370 e. The van der Waals surface area contributed by atoms with E-state index in [2.05, 4.69) is 13.0 Å². The third kappa shape index (κ3) is 4.46. The fourth-order valence-corrected chi connectivity index (χ4v) is 3.72. The van der Waals surface area contributed by atoms with Gasteiger partial charge in [-0.1, -0.05) is 18.6 Å². The van der Waals surface area contributed by atoms with Gasteiger partial charge in [-0.05, 0) is 52.9 Å². The highest BCUT2D eigenvalue weighted by Gasteiger charge is 2.53. The van der Waals surface area contributed by atoms with Gasteiger partial charge in [0, 0.05) is 12.3 Å². The maximum absolute atomic E-state index is 12.1. The molecule has 2 saturated heterocycles. The molecular weight excluding hydrogens is 302 g/mol. The summed E-state index contributed by atoms with van der Waals surface area (Å²) >= 11 is 0. The molecule has 4 heteroatoms. The zero-order valence-electron chi connectivity index (χ0n) is 15.6. The van der Waals surface area contributed by atoms with E-state index in [1.165, 1.54) is 5.57 Å². The number of nitriles is 1. The number of hydrogen-bond donors (Lipinski definition) is 0. The Bertz CT molecular complexity index is 531. The molecule has 2 aliphatic rings. The Hall–Kier alpha value is -1.18.